The fourth-order valence-corrected chi connectivity index (χ4v) is 3.49. The third kappa shape index (κ3) is 4.28. The number of nitrogens with zero attached hydrogens (tertiary/aromatic N) is 2. The summed E-state index contributed by atoms with van der Waals surface area (Å²) in [4.78, 5) is 21.2. The molecule has 1 fully saturated rings. The standard InChI is InChI=1S/C22H23N3O3/c1-15-19(25-22(28-15)17-5-3-2-4-6-17)12-21(26)24-20-14-27-13-18(20)11-16-7-9-23-10-8-16/h2-10,18,20H,11-14H2,1H3,(H,24,26)/t18-,20+/m1/s1. The van der Waals surface area contributed by atoms with Gasteiger partial charge in [0.15, 0.2) is 0 Å². The van der Waals surface area contributed by atoms with Gasteiger partial charge < -0.3 is 14.5 Å². The van der Waals surface area contributed by atoms with E-state index in [1.165, 1.54) is 5.56 Å². The number of amides is 1. The number of carbonyl (C=O) groups excluding carboxylic acids is 1. The maximum absolute atomic E-state index is 12.6. The van der Waals surface area contributed by atoms with E-state index in [2.05, 4.69) is 15.3 Å². The van der Waals surface area contributed by atoms with Crippen LogP contribution in [-0.4, -0.2) is 35.1 Å². The Kier molecular flexibility index (Phi) is 5.48. The van der Waals surface area contributed by atoms with Crippen LogP contribution < -0.4 is 5.32 Å². The van der Waals surface area contributed by atoms with Crippen molar-refractivity contribution in [1.82, 2.24) is 15.3 Å². The SMILES string of the molecule is Cc1oc(-c2ccccc2)nc1CC(=O)N[C@H]1COC[C@H]1Cc1ccncc1. The predicted molar refractivity (Wildman–Crippen MR) is 105 cm³/mol. The molecule has 4 rings (SSSR count). The minimum absolute atomic E-state index is 0.00136. The molecule has 0 unspecified atom stereocenters. The Hall–Kier alpha value is -2.99. The second-order valence-corrected chi connectivity index (χ2v) is 7.10. The number of carbonyl (C=O) groups is 1. The van der Waals surface area contributed by atoms with E-state index < -0.39 is 0 Å². The van der Waals surface area contributed by atoms with Crippen LogP contribution in [-0.2, 0) is 22.4 Å². The highest BCUT2D eigenvalue weighted by atomic mass is 16.5. The first-order valence-corrected chi connectivity index (χ1v) is 9.47. The number of benzene rings is 1. The van der Waals surface area contributed by atoms with Gasteiger partial charge in [0.25, 0.3) is 0 Å². The molecule has 144 valence electrons. The molecule has 1 N–H and O–H groups in total. The van der Waals surface area contributed by atoms with Crippen LogP contribution in [0.5, 0.6) is 0 Å². The van der Waals surface area contributed by atoms with E-state index in [9.17, 15) is 4.79 Å². The molecule has 0 spiro atoms. The van der Waals surface area contributed by atoms with Crippen LogP contribution in [0.2, 0.25) is 0 Å². The van der Waals surface area contributed by atoms with E-state index in [1.54, 1.807) is 12.4 Å². The van der Waals surface area contributed by atoms with Gasteiger partial charge in [-0.3, -0.25) is 9.78 Å². The molecule has 3 aromatic rings. The van der Waals surface area contributed by atoms with Crippen molar-refractivity contribution in [2.45, 2.75) is 25.8 Å². The molecule has 3 heterocycles. The molecule has 1 aliphatic rings. The molecule has 1 saturated heterocycles. The van der Waals surface area contributed by atoms with Gasteiger partial charge in [0.2, 0.25) is 11.8 Å². The third-order valence-corrected chi connectivity index (χ3v) is 5.03. The van der Waals surface area contributed by atoms with Crippen molar-refractivity contribution < 1.29 is 13.9 Å². The highest BCUT2D eigenvalue weighted by Crippen LogP contribution is 2.22. The molecule has 2 atom stereocenters. The third-order valence-electron chi connectivity index (χ3n) is 5.03. The van der Waals surface area contributed by atoms with Gasteiger partial charge in [0, 0.05) is 23.9 Å². The van der Waals surface area contributed by atoms with E-state index in [1.807, 2.05) is 49.4 Å². The van der Waals surface area contributed by atoms with Crippen molar-refractivity contribution in [3.63, 3.8) is 0 Å². The molecule has 28 heavy (non-hydrogen) atoms. The number of ether oxygens (including phenoxy) is 1. The molecule has 1 amide bonds. The fourth-order valence-electron chi connectivity index (χ4n) is 3.49. The van der Waals surface area contributed by atoms with Gasteiger partial charge in [-0.1, -0.05) is 18.2 Å². The lowest BCUT2D eigenvalue weighted by atomic mass is 9.95. The summed E-state index contributed by atoms with van der Waals surface area (Å²) >= 11 is 0. The molecule has 0 saturated carbocycles. The summed E-state index contributed by atoms with van der Waals surface area (Å²) in [6.07, 6.45) is 4.63. The molecule has 1 aromatic carbocycles. The van der Waals surface area contributed by atoms with Crippen molar-refractivity contribution in [2.24, 2.45) is 5.92 Å². The monoisotopic (exact) mass is 377 g/mol. The predicted octanol–water partition coefficient (Wildman–Crippen LogP) is 2.96. The van der Waals surface area contributed by atoms with Crippen LogP contribution in [0.4, 0.5) is 0 Å². The Morgan fingerprint density at radius 2 is 1.93 bits per heavy atom. The number of rotatable bonds is 6. The first kappa shape index (κ1) is 18.4. The first-order chi connectivity index (χ1) is 13.7. The van der Waals surface area contributed by atoms with Gasteiger partial charge in [-0.15, -0.1) is 0 Å². The number of pyridine rings is 1. The zero-order valence-electron chi connectivity index (χ0n) is 15.8. The maximum atomic E-state index is 12.6. The van der Waals surface area contributed by atoms with Crippen molar-refractivity contribution in [3.8, 4) is 11.5 Å². The van der Waals surface area contributed by atoms with Crippen LogP contribution in [0.25, 0.3) is 11.5 Å². The lowest BCUT2D eigenvalue weighted by molar-refractivity contribution is -0.121. The van der Waals surface area contributed by atoms with E-state index in [0.717, 1.165) is 12.0 Å². The maximum Gasteiger partial charge on any atom is 0.226 e. The largest absolute Gasteiger partial charge is 0.441 e. The van der Waals surface area contributed by atoms with Crippen molar-refractivity contribution >= 4 is 5.91 Å². The Labute approximate surface area is 164 Å². The number of hydrogen-bond acceptors (Lipinski definition) is 5. The summed E-state index contributed by atoms with van der Waals surface area (Å²) in [6.45, 7) is 3.02. The quantitative estimate of drug-likeness (QED) is 0.715. The Morgan fingerprint density at radius 3 is 2.71 bits per heavy atom. The number of aromatic nitrogens is 2. The van der Waals surface area contributed by atoms with Gasteiger partial charge in [-0.25, -0.2) is 4.98 Å². The molecule has 0 bridgehead atoms. The molecule has 6 heteroatoms. The van der Waals surface area contributed by atoms with Crippen LogP contribution in [0.3, 0.4) is 0 Å². The van der Waals surface area contributed by atoms with Gasteiger partial charge >= 0.3 is 0 Å². The molecule has 0 aliphatic carbocycles. The van der Waals surface area contributed by atoms with Gasteiger partial charge in [-0.2, -0.15) is 0 Å². The molecule has 2 aromatic heterocycles. The summed E-state index contributed by atoms with van der Waals surface area (Å²) in [5.74, 6) is 1.40. The molecular weight excluding hydrogens is 354 g/mol. The summed E-state index contributed by atoms with van der Waals surface area (Å²) < 4.78 is 11.4. The van der Waals surface area contributed by atoms with E-state index in [4.69, 9.17) is 9.15 Å². The van der Waals surface area contributed by atoms with Crippen molar-refractivity contribution in [3.05, 3.63) is 71.9 Å². The van der Waals surface area contributed by atoms with Crippen LogP contribution in [0, 0.1) is 12.8 Å². The number of aryl methyl sites for hydroxylation is 1. The van der Waals surface area contributed by atoms with Crippen molar-refractivity contribution in [2.75, 3.05) is 13.2 Å². The average Bonchev–Trinajstić information content (AvgIpc) is 3.30. The summed E-state index contributed by atoms with van der Waals surface area (Å²) in [5.41, 5.74) is 2.77. The Bertz CT molecular complexity index is 925. The summed E-state index contributed by atoms with van der Waals surface area (Å²) in [6, 6.07) is 13.7. The lowest BCUT2D eigenvalue weighted by Crippen LogP contribution is -2.41. The minimum Gasteiger partial charge on any atom is -0.441 e. The number of oxazole rings is 1. The molecule has 1 aliphatic heterocycles. The summed E-state index contributed by atoms with van der Waals surface area (Å²) in [5, 5.41) is 3.11. The zero-order chi connectivity index (χ0) is 19.3. The molecule has 6 nitrogen and oxygen atoms in total. The zero-order valence-corrected chi connectivity index (χ0v) is 15.8. The molecule has 0 radical (unpaired) electrons. The van der Waals surface area contributed by atoms with E-state index in [-0.39, 0.29) is 24.3 Å². The van der Waals surface area contributed by atoms with Crippen LogP contribution >= 0.6 is 0 Å². The summed E-state index contributed by atoms with van der Waals surface area (Å²) in [7, 11) is 0. The van der Waals surface area contributed by atoms with Crippen LogP contribution in [0.1, 0.15) is 17.0 Å². The fraction of sp³-hybridized carbons (Fsp3) is 0.318. The number of nitrogens with one attached hydrogen (secondary N) is 1. The smallest absolute Gasteiger partial charge is 0.226 e. The highest BCUT2D eigenvalue weighted by molar-refractivity contribution is 5.79. The topological polar surface area (TPSA) is 77.2 Å². The van der Waals surface area contributed by atoms with E-state index >= 15 is 0 Å². The minimum atomic E-state index is -0.0637. The lowest BCUT2D eigenvalue weighted by Gasteiger charge is -2.19. The second-order valence-electron chi connectivity index (χ2n) is 7.10. The Balaban J connectivity index is 1.38. The number of hydrogen-bond donors (Lipinski definition) is 1. The van der Waals surface area contributed by atoms with Gasteiger partial charge in [0.05, 0.1) is 31.4 Å². The average molecular weight is 377 g/mol. The van der Waals surface area contributed by atoms with Crippen molar-refractivity contribution in [1.29, 1.82) is 0 Å². The van der Waals surface area contributed by atoms with Crippen LogP contribution in [0.15, 0.2) is 59.3 Å². The van der Waals surface area contributed by atoms with E-state index in [0.29, 0.717) is 30.6 Å². The highest BCUT2D eigenvalue weighted by Gasteiger charge is 2.30. The first-order valence-electron chi connectivity index (χ1n) is 9.47. The van der Waals surface area contributed by atoms with Gasteiger partial charge in [0.1, 0.15) is 5.76 Å². The normalized spacial score (nSPS) is 18.9. The second kappa shape index (κ2) is 8.35. The molecular formula is C22H23N3O3. The Morgan fingerprint density at radius 1 is 1.14 bits per heavy atom. The van der Waals surface area contributed by atoms with Gasteiger partial charge in [-0.05, 0) is 43.2 Å².